The second-order valence-corrected chi connectivity index (χ2v) is 3.32. The van der Waals surface area contributed by atoms with Crippen LogP contribution in [0.2, 0.25) is 0 Å². The van der Waals surface area contributed by atoms with Crippen molar-refractivity contribution in [2.45, 2.75) is 5.56 Å². The SMILES string of the molecule is OC(Cl)c1ccc(-c2ccccc2)o1. The van der Waals surface area contributed by atoms with E-state index in [1.807, 2.05) is 30.3 Å². The Labute approximate surface area is 86.7 Å². The second kappa shape index (κ2) is 3.86. The van der Waals surface area contributed by atoms with Crippen LogP contribution in [0, 0.1) is 0 Å². The molecule has 2 rings (SSSR count). The fraction of sp³-hybridized carbons (Fsp3) is 0.0909. The van der Waals surface area contributed by atoms with Crippen molar-refractivity contribution in [3.05, 3.63) is 48.2 Å². The summed E-state index contributed by atoms with van der Waals surface area (Å²) in [5.74, 6) is 1.07. The monoisotopic (exact) mass is 208 g/mol. The molecule has 72 valence electrons. The van der Waals surface area contributed by atoms with E-state index in [1.54, 1.807) is 12.1 Å². The normalized spacial score (nSPS) is 12.7. The lowest BCUT2D eigenvalue weighted by molar-refractivity contribution is 0.230. The molecular formula is C11H9ClO2. The summed E-state index contributed by atoms with van der Waals surface area (Å²) in [6, 6.07) is 13.1. The molecule has 0 bridgehead atoms. The highest BCUT2D eigenvalue weighted by Gasteiger charge is 2.09. The number of benzene rings is 1. The minimum absolute atomic E-state index is 0.366. The Morgan fingerprint density at radius 2 is 1.79 bits per heavy atom. The van der Waals surface area contributed by atoms with Gasteiger partial charge in [0.15, 0.2) is 5.56 Å². The molecule has 0 saturated heterocycles. The van der Waals surface area contributed by atoms with Crippen molar-refractivity contribution in [1.29, 1.82) is 0 Å². The predicted octanol–water partition coefficient (Wildman–Crippen LogP) is 3.18. The number of aliphatic hydroxyl groups excluding tert-OH is 1. The summed E-state index contributed by atoms with van der Waals surface area (Å²) >= 11 is 5.47. The van der Waals surface area contributed by atoms with Crippen molar-refractivity contribution < 1.29 is 9.52 Å². The summed E-state index contributed by atoms with van der Waals surface area (Å²) in [5, 5.41) is 9.06. The molecule has 0 spiro atoms. The van der Waals surface area contributed by atoms with Crippen LogP contribution in [-0.2, 0) is 0 Å². The van der Waals surface area contributed by atoms with Crippen LogP contribution in [0.4, 0.5) is 0 Å². The van der Waals surface area contributed by atoms with Gasteiger partial charge >= 0.3 is 0 Å². The molecule has 14 heavy (non-hydrogen) atoms. The van der Waals surface area contributed by atoms with Crippen LogP contribution in [0.3, 0.4) is 0 Å². The van der Waals surface area contributed by atoms with Crippen LogP contribution < -0.4 is 0 Å². The van der Waals surface area contributed by atoms with Crippen molar-refractivity contribution in [3.63, 3.8) is 0 Å². The summed E-state index contributed by atoms with van der Waals surface area (Å²) in [5.41, 5.74) is -0.108. The average Bonchev–Trinajstić information content (AvgIpc) is 2.68. The van der Waals surface area contributed by atoms with Crippen LogP contribution in [0.25, 0.3) is 11.3 Å². The number of furan rings is 1. The van der Waals surface area contributed by atoms with Gasteiger partial charge < -0.3 is 9.52 Å². The van der Waals surface area contributed by atoms with E-state index in [1.165, 1.54) is 0 Å². The first-order valence-corrected chi connectivity index (χ1v) is 4.68. The van der Waals surface area contributed by atoms with Gasteiger partial charge in [-0.2, -0.15) is 0 Å². The van der Waals surface area contributed by atoms with Crippen molar-refractivity contribution in [1.82, 2.24) is 0 Å². The zero-order valence-electron chi connectivity index (χ0n) is 7.35. The molecule has 0 saturated carbocycles. The van der Waals surface area contributed by atoms with Gasteiger partial charge in [0.25, 0.3) is 0 Å². The van der Waals surface area contributed by atoms with E-state index >= 15 is 0 Å². The van der Waals surface area contributed by atoms with Crippen LogP contribution in [-0.4, -0.2) is 5.11 Å². The van der Waals surface area contributed by atoms with Crippen LogP contribution in [0.5, 0.6) is 0 Å². The van der Waals surface area contributed by atoms with E-state index in [9.17, 15) is 0 Å². The van der Waals surface area contributed by atoms with E-state index in [0.29, 0.717) is 11.5 Å². The predicted molar refractivity (Wildman–Crippen MR) is 55.0 cm³/mol. The van der Waals surface area contributed by atoms with E-state index in [0.717, 1.165) is 5.56 Å². The topological polar surface area (TPSA) is 33.4 Å². The number of hydrogen-bond acceptors (Lipinski definition) is 2. The van der Waals surface area contributed by atoms with Crippen molar-refractivity contribution in [3.8, 4) is 11.3 Å². The minimum Gasteiger partial charge on any atom is -0.457 e. The van der Waals surface area contributed by atoms with Crippen molar-refractivity contribution in [2.24, 2.45) is 0 Å². The molecule has 1 atom stereocenters. The maximum atomic E-state index is 9.06. The molecule has 0 fully saturated rings. The van der Waals surface area contributed by atoms with Gasteiger partial charge in [-0.05, 0) is 12.1 Å². The molecule has 2 nitrogen and oxygen atoms in total. The Bertz CT molecular complexity index is 406. The maximum absolute atomic E-state index is 9.06. The third-order valence-electron chi connectivity index (χ3n) is 1.92. The van der Waals surface area contributed by atoms with Crippen LogP contribution >= 0.6 is 11.6 Å². The Morgan fingerprint density at radius 1 is 1.07 bits per heavy atom. The van der Waals surface area contributed by atoms with Crippen LogP contribution in [0.15, 0.2) is 46.9 Å². The lowest BCUT2D eigenvalue weighted by Gasteiger charge is -1.97. The summed E-state index contributed by atoms with van der Waals surface area (Å²) in [7, 11) is 0. The molecule has 0 aliphatic carbocycles. The summed E-state index contributed by atoms with van der Waals surface area (Å²) in [6.07, 6.45) is 0. The van der Waals surface area contributed by atoms with E-state index in [2.05, 4.69) is 0 Å². The van der Waals surface area contributed by atoms with Gasteiger partial charge in [-0.15, -0.1) is 0 Å². The summed E-state index contributed by atoms with van der Waals surface area (Å²) < 4.78 is 5.35. The van der Waals surface area contributed by atoms with Crippen molar-refractivity contribution in [2.75, 3.05) is 0 Å². The lowest BCUT2D eigenvalue weighted by atomic mass is 10.2. The molecule has 0 amide bonds. The number of hydrogen-bond donors (Lipinski definition) is 1. The van der Waals surface area contributed by atoms with Gasteiger partial charge in [0.2, 0.25) is 0 Å². The Balaban J connectivity index is 2.34. The Morgan fingerprint density at radius 3 is 2.36 bits per heavy atom. The van der Waals surface area contributed by atoms with Gasteiger partial charge in [0, 0.05) is 5.56 Å². The molecule has 0 aliphatic heterocycles. The molecule has 2 aromatic rings. The largest absolute Gasteiger partial charge is 0.457 e. The highest BCUT2D eigenvalue weighted by atomic mass is 35.5. The molecule has 1 unspecified atom stereocenters. The van der Waals surface area contributed by atoms with Gasteiger partial charge in [-0.1, -0.05) is 41.9 Å². The lowest BCUT2D eigenvalue weighted by Crippen LogP contribution is -1.81. The van der Waals surface area contributed by atoms with Crippen LogP contribution in [0.1, 0.15) is 11.3 Å². The molecule has 1 aromatic heterocycles. The zero-order chi connectivity index (χ0) is 9.97. The first kappa shape index (κ1) is 9.31. The van der Waals surface area contributed by atoms with E-state index < -0.39 is 5.56 Å². The van der Waals surface area contributed by atoms with Gasteiger partial charge in [-0.3, -0.25) is 0 Å². The summed E-state index contributed by atoms with van der Waals surface area (Å²) in [4.78, 5) is 0. The minimum atomic E-state index is -1.08. The van der Waals surface area contributed by atoms with E-state index in [4.69, 9.17) is 21.1 Å². The third-order valence-corrected chi connectivity index (χ3v) is 2.13. The number of alkyl halides is 1. The quantitative estimate of drug-likeness (QED) is 0.769. The van der Waals surface area contributed by atoms with E-state index in [-0.39, 0.29) is 0 Å². The van der Waals surface area contributed by atoms with Gasteiger partial charge in [0.1, 0.15) is 11.5 Å². The standard InChI is InChI=1S/C11H9ClO2/c12-11(13)10-7-6-9(14-10)8-4-2-1-3-5-8/h1-7,11,13H. The summed E-state index contributed by atoms with van der Waals surface area (Å²) in [6.45, 7) is 0. The maximum Gasteiger partial charge on any atom is 0.186 e. The molecule has 1 N–H and O–H groups in total. The Kier molecular flexibility index (Phi) is 2.57. The molecule has 3 heteroatoms. The Hall–Kier alpha value is -1.25. The highest BCUT2D eigenvalue weighted by Crippen LogP contribution is 2.26. The third kappa shape index (κ3) is 1.81. The van der Waals surface area contributed by atoms with Gasteiger partial charge in [-0.25, -0.2) is 0 Å². The fourth-order valence-corrected chi connectivity index (χ4v) is 1.36. The molecular weight excluding hydrogens is 200 g/mol. The molecule has 1 aromatic carbocycles. The second-order valence-electron chi connectivity index (χ2n) is 2.90. The smallest absolute Gasteiger partial charge is 0.186 e. The fourth-order valence-electron chi connectivity index (χ4n) is 1.24. The highest BCUT2D eigenvalue weighted by molar-refractivity contribution is 6.19. The number of halogens is 1. The molecule has 0 radical (unpaired) electrons. The van der Waals surface area contributed by atoms with Gasteiger partial charge in [0.05, 0.1) is 0 Å². The number of rotatable bonds is 2. The van der Waals surface area contributed by atoms with Crippen molar-refractivity contribution >= 4 is 11.6 Å². The molecule has 1 heterocycles. The first-order valence-electron chi connectivity index (χ1n) is 4.24. The number of aliphatic hydroxyl groups is 1. The zero-order valence-corrected chi connectivity index (χ0v) is 8.11. The average molecular weight is 209 g/mol. The molecule has 0 aliphatic rings. The first-order chi connectivity index (χ1) is 6.77.